The lowest BCUT2D eigenvalue weighted by atomic mass is 9.90. The summed E-state index contributed by atoms with van der Waals surface area (Å²) in [7, 11) is 0. The van der Waals surface area contributed by atoms with E-state index in [-0.39, 0.29) is 17.4 Å². The minimum Gasteiger partial charge on any atom is -0.381 e. The number of hydrogen-bond donors (Lipinski definition) is 1. The van der Waals surface area contributed by atoms with E-state index in [2.05, 4.69) is 43.0 Å². The van der Waals surface area contributed by atoms with Gasteiger partial charge in [-0.2, -0.15) is 0 Å². The Morgan fingerprint density at radius 1 is 1.36 bits per heavy atom. The van der Waals surface area contributed by atoms with Crippen LogP contribution in [-0.2, 0) is 16.1 Å². The first kappa shape index (κ1) is 18.1. The van der Waals surface area contributed by atoms with Gasteiger partial charge in [-0.1, -0.05) is 20.8 Å². The molecule has 3 rings (SSSR count). The van der Waals surface area contributed by atoms with Crippen LogP contribution in [0.3, 0.4) is 0 Å². The molecule has 0 aliphatic carbocycles. The van der Waals surface area contributed by atoms with Gasteiger partial charge in [-0.15, -0.1) is 0 Å². The zero-order valence-corrected chi connectivity index (χ0v) is 15.8. The lowest BCUT2D eigenvalue weighted by molar-refractivity contribution is -0.133. The quantitative estimate of drug-likeness (QED) is 0.906. The molecule has 1 amide bonds. The highest BCUT2D eigenvalue weighted by molar-refractivity contribution is 5.77. The molecule has 0 aromatic carbocycles. The summed E-state index contributed by atoms with van der Waals surface area (Å²) in [6.07, 6.45) is 5.32. The van der Waals surface area contributed by atoms with Crippen molar-refractivity contribution < 1.29 is 9.53 Å². The first-order chi connectivity index (χ1) is 11.8. The largest absolute Gasteiger partial charge is 0.381 e. The molecule has 6 nitrogen and oxygen atoms in total. The van der Waals surface area contributed by atoms with E-state index in [4.69, 9.17) is 4.74 Å². The number of ether oxygens (including phenoxy) is 1. The molecule has 138 valence electrons. The van der Waals surface area contributed by atoms with Crippen molar-refractivity contribution in [2.45, 2.75) is 72.0 Å². The number of fused-ring (bicyclic) bond motifs is 1. The predicted molar refractivity (Wildman–Crippen MR) is 97.1 cm³/mol. The summed E-state index contributed by atoms with van der Waals surface area (Å²) < 4.78 is 5.39. The van der Waals surface area contributed by atoms with E-state index >= 15 is 0 Å². The van der Waals surface area contributed by atoms with Gasteiger partial charge < -0.3 is 15.0 Å². The monoisotopic (exact) mass is 346 g/mol. The van der Waals surface area contributed by atoms with E-state index in [9.17, 15) is 4.79 Å². The fraction of sp³-hybridized carbons (Fsp3) is 0.737. The third-order valence-electron chi connectivity index (χ3n) is 5.10. The Morgan fingerprint density at radius 2 is 2.08 bits per heavy atom. The highest BCUT2D eigenvalue weighted by atomic mass is 16.5. The summed E-state index contributed by atoms with van der Waals surface area (Å²) in [6, 6.07) is 0.426. The normalized spacial score (nSPS) is 21.3. The molecular weight excluding hydrogens is 316 g/mol. The Bertz CT molecular complexity index is 620. The van der Waals surface area contributed by atoms with E-state index in [1.54, 1.807) is 0 Å². The smallest absolute Gasteiger partial charge is 0.223 e. The summed E-state index contributed by atoms with van der Waals surface area (Å²) in [4.78, 5) is 23.7. The third-order valence-corrected chi connectivity index (χ3v) is 5.10. The van der Waals surface area contributed by atoms with Gasteiger partial charge >= 0.3 is 0 Å². The molecule has 1 aromatic rings. The van der Waals surface area contributed by atoms with Crippen molar-refractivity contribution >= 4 is 11.9 Å². The molecule has 25 heavy (non-hydrogen) atoms. The number of carbonyl (C=O) groups excluding carboxylic acids is 1. The summed E-state index contributed by atoms with van der Waals surface area (Å²) in [5, 5.41) is 3.41. The minimum absolute atomic E-state index is 0.0552. The van der Waals surface area contributed by atoms with Crippen molar-refractivity contribution in [1.82, 2.24) is 14.9 Å². The predicted octanol–water partition coefficient (Wildman–Crippen LogP) is 3.30. The van der Waals surface area contributed by atoms with Crippen molar-refractivity contribution in [2.24, 2.45) is 5.41 Å². The molecule has 3 heterocycles. The number of nitrogens with zero attached hydrogens (tertiary/aromatic N) is 3. The topological polar surface area (TPSA) is 67.4 Å². The molecular formula is C19H30N4O2. The van der Waals surface area contributed by atoms with Crippen LogP contribution in [0.4, 0.5) is 5.95 Å². The summed E-state index contributed by atoms with van der Waals surface area (Å²) in [5.74, 6) is 0.876. The van der Waals surface area contributed by atoms with Crippen LogP contribution in [0, 0.1) is 5.41 Å². The van der Waals surface area contributed by atoms with Gasteiger partial charge in [0.25, 0.3) is 0 Å². The number of nitrogens with one attached hydrogen (secondary N) is 1. The van der Waals surface area contributed by atoms with Crippen molar-refractivity contribution in [3.8, 4) is 0 Å². The highest BCUT2D eigenvalue weighted by Crippen LogP contribution is 2.33. The number of carbonyl (C=O) groups is 1. The van der Waals surface area contributed by atoms with Crippen molar-refractivity contribution in [2.75, 3.05) is 18.5 Å². The molecule has 0 saturated carbocycles. The van der Waals surface area contributed by atoms with E-state index in [1.807, 2.05) is 11.1 Å². The average molecular weight is 346 g/mol. The molecule has 1 N–H and O–H groups in total. The highest BCUT2D eigenvalue weighted by Gasteiger charge is 2.32. The van der Waals surface area contributed by atoms with Crippen LogP contribution < -0.4 is 5.32 Å². The lowest BCUT2D eigenvalue weighted by Crippen LogP contribution is -2.29. The zero-order valence-electron chi connectivity index (χ0n) is 15.8. The van der Waals surface area contributed by atoms with Gasteiger partial charge in [0.15, 0.2) is 0 Å². The van der Waals surface area contributed by atoms with Crippen LogP contribution in [-0.4, -0.2) is 40.0 Å². The fourth-order valence-corrected chi connectivity index (χ4v) is 3.39. The molecule has 0 radical (unpaired) electrons. The molecule has 1 atom stereocenters. The molecule has 2 aliphatic rings. The maximum atomic E-state index is 12.6. The van der Waals surface area contributed by atoms with Gasteiger partial charge in [0, 0.05) is 37.4 Å². The van der Waals surface area contributed by atoms with E-state index in [1.165, 1.54) is 0 Å². The van der Waals surface area contributed by atoms with Crippen molar-refractivity contribution in [3.63, 3.8) is 0 Å². The first-order valence-corrected chi connectivity index (χ1v) is 9.33. The Labute approximate surface area is 150 Å². The third kappa shape index (κ3) is 4.48. The number of amides is 1. The molecule has 6 heteroatoms. The van der Waals surface area contributed by atoms with E-state index in [0.717, 1.165) is 43.7 Å². The Morgan fingerprint density at radius 3 is 2.76 bits per heavy atom. The fourth-order valence-electron chi connectivity index (χ4n) is 3.39. The Balaban J connectivity index is 1.64. The SMILES string of the molecule is CC1c2cnc(NC3CCOCC3)nc2CN1C(=O)CCC(C)(C)C. The number of hydrogen-bond acceptors (Lipinski definition) is 5. The molecule has 0 spiro atoms. The Kier molecular flexibility index (Phi) is 5.27. The van der Waals surface area contributed by atoms with Crippen LogP contribution in [0.5, 0.6) is 0 Å². The van der Waals surface area contributed by atoms with Crippen LogP contribution in [0.15, 0.2) is 6.20 Å². The summed E-state index contributed by atoms with van der Waals surface area (Å²) in [5.41, 5.74) is 2.22. The van der Waals surface area contributed by atoms with E-state index < -0.39 is 0 Å². The van der Waals surface area contributed by atoms with Gasteiger partial charge in [-0.05, 0) is 31.6 Å². The van der Waals surface area contributed by atoms with Gasteiger partial charge in [0.2, 0.25) is 11.9 Å². The summed E-state index contributed by atoms with van der Waals surface area (Å²) >= 11 is 0. The second kappa shape index (κ2) is 7.28. The second-order valence-corrected chi connectivity index (χ2v) is 8.38. The van der Waals surface area contributed by atoms with Crippen LogP contribution in [0.1, 0.15) is 70.7 Å². The number of aromatic nitrogens is 2. The second-order valence-electron chi connectivity index (χ2n) is 8.38. The van der Waals surface area contributed by atoms with Gasteiger partial charge in [-0.3, -0.25) is 4.79 Å². The molecule has 0 bridgehead atoms. The van der Waals surface area contributed by atoms with E-state index in [0.29, 0.717) is 25.0 Å². The molecule has 1 fully saturated rings. The maximum absolute atomic E-state index is 12.6. The van der Waals surface area contributed by atoms with Gasteiger partial charge in [-0.25, -0.2) is 9.97 Å². The molecule has 2 aliphatic heterocycles. The molecule has 1 saturated heterocycles. The zero-order chi connectivity index (χ0) is 18.0. The number of anilines is 1. The first-order valence-electron chi connectivity index (χ1n) is 9.33. The maximum Gasteiger partial charge on any atom is 0.223 e. The van der Waals surface area contributed by atoms with Gasteiger partial charge in [0.05, 0.1) is 18.3 Å². The van der Waals surface area contributed by atoms with Crippen LogP contribution >= 0.6 is 0 Å². The van der Waals surface area contributed by atoms with Crippen molar-refractivity contribution in [3.05, 3.63) is 17.5 Å². The molecule has 1 aromatic heterocycles. The minimum atomic E-state index is 0.0552. The lowest BCUT2D eigenvalue weighted by Gasteiger charge is -2.24. The Hall–Kier alpha value is -1.69. The molecule has 1 unspecified atom stereocenters. The van der Waals surface area contributed by atoms with Crippen molar-refractivity contribution in [1.29, 1.82) is 0 Å². The summed E-state index contributed by atoms with van der Waals surface area (Å²) in [6.45, 7) is 10.7. The average Bonchev–Trinajstić information content (AvgIpc) is 2.89. The van der Waals surface area contributed by atoms with Crippen LogP contribution in [0.2, 0.25) is 0 Å². The standard InChI is InChI=1S/C19H30N4O2/c1-13-15-11-20-18(21-14-6-9-25-10-7-14)22-16(15)12-23(13)17(24)5-8-19(2,3)4/h11,13-14H,5-10,12H2,1-4H3,(H,20,21,22). The van der Waals surface area contributed by atoms with Gasteiger partial charge in [0.1, 0.15) is 0 Å². The number of rotatable bonds is 4. The van der Waals surface area contributed by atoms with Crippen LogP contribution in [0.25, 0.3) is 0 Å².